The first-order chi connectivity index (χ1) is 16.2. The van der Waals surface area contributed by atoms with Crippen molar-refractivity contribution in [3.8, 4) is 0 Å². The predicted octanol–water partition coefficient (Wildman–Crippen LogP) is 5.45. The minimum absolute atomic E-state index is 0.0108. The summed E-state index contributed by atoms with van der Waals surface area (Å²) in [5.74, 6) is 1.97. The number of carbonyl (C=O) groups is 1. The fourth-order valence-electron chi connectivity index (χ4n) is 5.42. The van der Waals surface area contributed by atoms with Gasteiger partial charge in [0.1, 0.15) is 0 Å². The van der Waals surface area contributed by atoms with Gasteiger partial charge in [0.25, 0.3) is 0 Å². The molecule has 1 saturated heterocycles. The maximum absolute atomic E-state index is 12.7. The molecule has 33 heavy (non-hydrogen) atoms. The number of amides is 1. The summed E-state index contributed by atoms with van der Waals surface area (Å²) in [6, 6.07) is 20.8. The molecule has 2 fully saturated rings. The number of likely N-dealkylation sites (tertiary alicyclic amines) is 1. The van der Waals surface area contributed by atoms with Crippen LogP contribution in [-0.2, 0) is 4.79 Å². The zero-order valence-corrected chi connectivity index (χ0v) is 20.4. The third-order valence-corrected chi connectivity index (χ3v) is 7.55. The Balaban J connectivity index is 1.18. The lowest BCUT2D eigenvalue weighted by Crippen LogP contribution is -2.44. The van der Waals surface area contributed by atoms with Crippen LogP contribution in [0, 0.1) is 11.8 Å². The van der Waals surface area contributed by atoms with E-state index in [4.69, 9.17) is 12.2 Å². The number of rotatable bonds is 8. The van der Waals surface area contributed by atoms with Crippen molar-refractivity contribution >= 4 is 23.2 Å². The van der Waals surface area contributed by atoms with E-state index in [0.29, 0.717) is 17.4 Å². The average Bonchev–Trinajstić information content (AvgIpc) is 2.87. The number of benzene rings is 2. The molecule has 4 nitrogen and oxygen atoms in total. The molecule has 2 unspecified atom stereocenters. The fourth-order valence-corrected chi connectivity index (χ4v) is 5.64. The Morgan fingerprint density at radius 2 is 1.55 bits per heavy atom. The van der Waals surface area contributed by atoms with Crippen LogP contribution in [0.3, 0.4) is 0 Å². The smallest absolute Gasteiger partial charge is 0.222 e. The van der Waals surface area contributed by atoms with Crippen LogP contribution in [0.1, 0.15) is 68.5 Å². The second kappa shape index (κ2) is 12.2. The van der Waals surface area contributed by atoms with Crippen molar-refractivity contribution in [1.82, 2.24) is 15.5 Å². The highest BCUT2D eigenvalue weighted by Gasteiger charge is 2.32. The molecule has 2 aromatic rings. The largest absolute Gasteiger partial charge is 0.363 e. The number of hydrogen-bond donors (Lipinski definition) is 2. The molecule has 2 aromatic carbocycles. The first-order valence-electron chi connectivity index (χ1n) is 12.6. The van der Waals surface area contributed by atoms with Gasteiger partial charge < -0.3 is 15.5 Å². The van der Waals surface area contributed by atoms with Crippen LogP contribution < -0.4 is 10.6 Å². The highest BCUT2D eigenvalue weighted by molar-refractivity contribution is 7.80. The molecule has 1 heterocycles. The van der Waals surface area contributed by atoms with E-state index in [1.54, 1.807) is 0 Å². The zero-order chi connectivity index (χ0) is 22.9. The topological polar surface area (TPSA) is 44.4 Å². The summed E-state index contributed by atoms with van der Waals surface area (Å²) in [4.78, 5) is 14.8. The molecule has 1 saturated carbocycles. The van der Waals surface area contributed by atoms with Crippen LogP contribution in [-0.4, -0.2) is 35.6 Å². The van der Waals surface area contributed by atoms with Crippen LogP contribution in [0.25, 0.3) is 0 Å². The van der Waals surface area contributed by atoms with E-state index >= 15 is 0 Å². The number of unbranched alkanes of at least 4 members (excludes halogenated alkanes) is 1. The lowest BCUT2D eigenvalue weighted by molar-refractivity contribution is -0.134. The van der Waals surface area contributed by atoms with Gasteiger partial charge in [-0.3, -0.25) is 4.79 Å². The first kappa shape index (κ1) is 23.7. The quantitative estimate of drug-likeness (QED) is 0.404. The Labute approximate surface area is 204 Å². The van der Waals surface area contributed by atoms with Gasteiger partial charge in [0.2, 0.25) is 5.91 Å². The highest BCUT2D eigenvalue weighted by Crippen LogP contribution is 2.36. The fraction of sp³-hybridized carbons (Fsp3) is 0.500. The minimum atomic E-state index is 0.0108. The van der Waals surface area contributed by atoms with E-state index in [0.717, 1.165) is 44.3 Å². The van der Waals surface area contributed by atoms with Crippen LogP contribution in [0.4, 0.5) is 0 Å². The number of nitrogens with one attached hydrogen (secondary N) is 2. The van der Waals surface area contributed by atoms with E-state index in [1.165, 1.54) is 43.2 Å². The monoisotopic (exact) mass is 463 g/mol. The van der Waals surface area contributed by atoms with Crippen molar-refractivity contribution in [2.24, 2.45) is 11.8 Å². The second-order valence-electron chi connectivity index (χ2n) is 9.54. The molecule has 5 heteroatoms. The molecule has 2 aliphatic rings. The van der Waals surface area contributed by atoms with E-state index in [1.807, 2.05) is 12.1 Å². The number of hydrogen-bond acceptors (Lipinski definition) is 2. The number of fused-ring (bicyclic) bond motifs is 1. The van der Waals surface area contributed by atoms with Gasteiger partial charge in [0.05, 0.1) is 6.04 Å². The van der Waals surface area contributed by atoms with Crippen molar-refractivity contribution < 1.29 is 4.79 Å². The summed E-state index contributed by atoms with van der Waals surface area (Å²) in [5.41, 5.74) is 2.36. The van der Waals surface area contributed by atoms with Gasteiger partial charge in [0.15, 0.2) is 5.11 Å². The van der Waals surface area contributed by atoms with Crippen LogP contribution >= 0.6 is 12.2 Å². The molecule has 0 bridgehead atoms. The maximum Gasteiger partial charge on any atom is 0.222 e. The molecule has 2 N–H and O–H groups in total. The summed E-state index contributed by atoms with van der Waals surface area (Å²) >= 11 is 5.59. The SMILES string of the molecule is O=C(CCCCNC(=S)NC(c1ccccc1)c1ccccc1)N1CCC2CCCCC2C1. The van der Waals surface area contributed by atoms with Crippen LogP contribution in [0.2, 0.25) is 0 Å². The summed E-state index contributed by atoms with van der Waals surface area (Å²) in [6.45, 7) is 2.74. The molecule has 1 aliphatic heterocycles. The lowest BCUT2D eigenvalue weighted by Gasteiger charge is -2.41. The Kier molecular flexibility index (Phi) is 8.76. The molecular weight excluding hydrogens is 426 g/mol. The number of thiocarbonyl (C=S) groups is 1. The van der Waals surface area contributed by atoms with Crippen molar-refractivity contribution in [1.29, 1.82) is 0 Å². The molecule has 2 atom stereocenters. The summed E-state index contributed by atoms with van der Waals surface area (Å²) in [6.07, 6.45) is 9.12. The van der Waals surface area contributed by atoms with E-state index < -0.39 is 0 Å². The van der Waals surface area contributed by atoms with E-state index in [9.17, 15) is 4.79 Å². The average molecular weight is 464 g/mol. The van der Waals surface area contributed by atoms with Crippen LogP contribution in [0.5, 0.6) is 0 Å². The standard InChI is InChI=1S/C28H37N3OS/c32-26(31-20-18-22-11-7-8-16-25(22)21-31)17-9-10-19-29-28(33)30-27(23-12-3-1-4-13-23)24-14-5-2-6-15-24/h1-6,12-15,22,25,27H,7-11,16-21H2,(H2,29,30,33). The lowest BCUT2D eigenvalue weighted by atomic mass is 9.75. The molecular formula is C28H37N3OS. The molecule has 0 aromatic heterocycles. The number of nitrogens with zero attached hydrogens (tertiary/aromatic N) is 1. The molecule has 0 spiro atoms. The Hall–Kier alpha value is -2.40. The number of carbonyl (C=O) groups excluding carboxylic acids is 1. The summed E-state index contributed by atoms with van der Waals surface area (Å²) < 4.78 is 0. The van der Waals surface area contributed by atoms with Crippen molar-refractivity contribution in [3.05, 3.63) is 71.8 Å². The molecule has 1 amide bonds. The highest BCUT2D eigenvalue weighted by atomic mass is 32.1. The van der Waals surface area contributed by atoms with Crippen molar-refractivity contribution in [2.75, 3.05) is 19.6 Å². The molecule has 4 rings (SSSR count). The molecule has 1 aliphatic carbocycles. The Morgan fingerprint density at radius 1 is 0.909 bits per heavy atom. The summed E-state index contributed by atoms with van der Waals surface area (Å²) in [5, 5.41) is 7.46. The Morgan fingerprint density at radius 3 is 2.21 bits per heavy atom. The third-order valence-electron chi connectivity index (χ3n) is 7.29. The number of piperidine rings is 1. The van der Waals surface area contributed by atoms with Crippen molar-refractivity contribution in [3.63, 3.8) is 0 Å². The maximum atomic E-state index is 12.7. The van der Waals surface area contributed by atoms with Gasteiger partial charge in [0, 0.05) is 26.1 Å². The van der Waals surface area contributed by atoms with Gasteiger partial charge in [-0.15, -0.1) is 0 Å². The van der Waals surface area contributed by atoms with Crippen LogP contribution in [0.15, 0.2) is 60.7 Å². The normalized spacial score (nSPS) is 20.2. The van der Waals surface area contributed by atoms with Gasteiger partial charge in [-0.1, -0.05) is 79.9 Å². The first-order valence-corrected chi connectivity index (χ1v) is 13.0. The van der Waals surface area contributed by atoms with Gasteiger partial charge in [-0.05, 0) is 60.9 Å². The molecule has 176 valence electrons. The van der Waals surface area contributed by atoms with E-state index in [-0.39, 0.29) is 6.04 Å². The molecule has 0 radical (unpaired) electrons. The third kappa shape index (κ3) is 6.80. The van der Waals surface area contributed by atoms with E-state index in [2.05, 4.69) is 64.1 Å². The second-order valence-corrected chi connectivity index (χ2v) is 9.95. The Bertz CT molecular complexity index is 849. The zero-order valence-electron chi connectivity index (χ0n) is 19.5. The van der Waals surface area contributed by atoms with Crippen molar-refractivity contribution in [2.45, 2.75) is 57.4 Å². The van der Waals surface area contributed by atoms with Gasteiger partial charge in [-0.25, -0.2) is 0 Å². The minimum Gasteiger partial charge on any atom is -0.363 e. The van der Waals surface area contributed by atoms with Gasteiger partial charge in [-0.2, -0.15) is 0 Å². The summed E-state index contributed by atoms with van der Waals surface area (Å²) in [7, 11) is 0. The van der Waals surface area contributed by atoms with Gasteiger partial charge >= 0.3 is 0 Å². The predicted molar refractivity (Wildman–Crippen MR) is 139 cm³/mol.